The smallest absolute Gasteiger partial charge is 0.326 e. The summed E-state index contributed by atoms with van der Waals surface area (Å²) in [5, 5.41) is 8.85. The monoisotopic (exact) mass is 560 g/mol. The molecule has 0 saturated carbocycles. The van der Waals surface area contributed by atoms with Gasteiger partial charge in [0, 0.05) is 26.2 Å². The molecule has 1 fully saturated rings. The molecule has 1 aliphatic heterocycles. The highest BCUT2D eigenvalue weighted by atomic mass is 32.2. The fraction of sp³-hybridized carbons (Fsp3) is 0.241. The summed E-state index contributed by atoms with van der Waals surface area (Å²) in [4.78, 5) is 40.8. The van der Waals surface area contributed by atoms with E-state index in [1.807, 2.05) is 66.7 Å². The molecule has 40 heavy (non-hydrogen) atoms. The number of carbonyl (C=O) groups excluding carboxylic acids is 3. The van der Waals surface area contributed by atoms with Gasteiger partial charge in [0.25, 0.3) is 0 Å². The Labute approximate surface area is 232 Å². The van der Waals surface area contributed by atoms with E-state index in [0.717, 1.165) is 11.1 Å². The number of hydrogen-bond acceptors (Lipinski definition) is 7. The first-order valence-electron chi connectivity index (χ1n) is 12.7. The summed E-state index contributed by atoms with van der Waals surface area (Å²) in [6, 6.07) is 25.9. The van der Waals surface area contributed by atoms with Crippen LogP contribution in [0.1, 0.15) is 29.2 Å². The maximum absolute atomic E-state index is 12.8. The van der Waals surface area contributed by atoms with Crippen molar-refractivity contribution in [3.05, 3.63) is 102 Å². The van der Waals surface area contributed by atoms with Gasteiger partial charge in [-0.15, -0.1) is 0 Å². The molecule has 0 radical (unpaired) electrons. The highest BCUT2D eigenvalue weighted by Crippen LogP contribution is 2.26. The zero-order chi connectivity index (χ0) is 28.5. The third-order valence-corrected chi connectivity index (χ3v) is 7.84. The van der Waals surface area contributed by atoms with Crippen molar-refractivity contribution in [1.82, 2.24) is 14.5 Å². The Morgan fingerprint density at radius 3 is 2.00 bits per heavy atom. The Hall–Kier alpha value is -4.53. The summed E-state index contributed by atoms with van der Waals surface area (Å²) in [7, 11) is -3.77. The Morgan fingerprint density at radius 2 is 1.43 bits per heavy atom. The number of nitrogens with zero attached hydrogens (tertiary/aromatic N) is 3. The lowest BCUT2D eigenvalue weighted by molar-refractivity contribution is -0.161. The molecule has 0 spiro atoms. The second-order valence-corrected chi connectivity index (χ2v) is 10.9. The number of nitriles is 1. The number of rotatable bonds is 11. The second-order valence-electron chi connectivity index (χ2n) is 9.10. The molecule has 206 valence electrons. The Morgan fingerprint density at radius 1 is 0.875 bits per heavy atom. The normalized spacial score (nSPS) is 13.8. The first-order valence-corrected chi connectivity index (χ1v) is 14.1. The van der Waals surface area contributed by atoms with Crippen molar-refractivity contribution in [1.29, 1.82) is 5.26 Å². The summed E-state index contributed by atoms with van der Waals surface area (Å²) in [5.74, 6) is -2.20. The first kappa shape index (κ1) is 28.5. The molecule has 1 N–H and O–H groups in total. The minimum Gasteiger partial charge on any atom is -0.451 e. The summed E-state index contributed by atoms with van der Waals surface area (Å²) in [5.41, 5.74) is 1.91. The van der Waals surface area contributed by atoms with Gasteiger partial charge in [-0.25, -0.2) is 13.1 Å². The fourth-order valence-electron chi connectivity index (χ4n) is 4.26. The van der Waals surface area contributed by atoms with Crippen LogP contribution in [0.3, 0.4) is 0 Å². The molecule has 1 aliphatic rings. The van der Waals surface area contributed by atoms with Crippen molar-refractivity contribution in [2.75, 3.05) is 32.7 Å². The van der Waals surface area contributed by atoms with Gasteiger partial charge in [0.05, 0.1) is 16.5 Å². The van der Waals surface area contributed by atoms with Gasteiger partial charge in [0.2, 0.25) is 10.0 Å². The van der Waals surface area contributed by atoms with E-state index >= 15 is 0 Å². The molecule has 10 nitrogen and oxygen atoms in total. The van der Waals surface area contributed by atoms with Crippen molar-refractivity contribution >= 4 is 27.8 Å². The number of sulfonamides is 1. The molecular formula is C29H28N4O6S. The number of esters is 1. The molecule has 3 aromatic carbocycles. The fourth-order valence-corrected chi connectivity index (χ4v) is 5.33. The van der Waals surface area contributed by atoms with Gasteiger partial charge in [0.15, 0.2) is 6.10 Å². The summed E-state index contributed by atoms with van der Waals surface area (Å²) < 4.78 is 33.1. The van der Waals surface area contributed by atoms with Crippen LogP contribution < -0.4 is 4.72 Å². The van der Waals surface area contributed by atoms with Crippen LogP contribution in [-0.2, 0) is 29.1 Å². The molecule has 0 bridgehead atoms. The third-order valence-electron chi connectivity index (χ3n) is 6.36. The van der Waals surface area contributed by atoms with Crippen molar-refractivity contribution in [2.24, 2.45) is 0 Å². The molecule has 1 heterocycles. The molecule has 0 aliphatic carbocycles. The topological polar surface area (TPSA) is 137 Å². The van der Waals surface area contributed by atoms with E-state index < -0.39 is 33.9 Å². The SMILES string of the molecule is N#Cc1ccc(S(=O)(=O)NCCCN2CCN(CC(=O)OC(c3ccccc3)c3ccccc3)C(=O)C2=O)cc1. The average Bonchev–Trinajstić information content (AvgIpc) is 2.98. The minimum atomic E-state index is -3.77. The summed E-state index contributed by atoms with van der Waals surface area (Å²) >= 11 is 0. The molecule has 4 rings (SSSR count). The number of amides is 2. The largest absolute Gasteiger partial charge is 0.451 e. The number of hydrogen-bond donors (Lipinski definition) is 1. The first-order chi connectivity index (χ1) is 19.3. The van der Waals surface area contributed by atoms with E-state index in [2.05, 4.69) is 4.72 Å². The lowest BCUT2D eigenvalue weighted by Gasteiger charge is -2.33. The summed E-state index contributed by atoms with van der Waals surface area (Å²) in [6.07, 6.45) is -0.373. The molecule has 3 aromatic rings. The summed E-state index contributed by atoms with van der Waals surface area (Å²) in [6.45, 7) is 0.220. The minimum absolute atomic E-state index is 0.0278. The predicted molar refractivity (Wildman–Crippen MR) is 145 cm³/mol. The average molecular weight is 561 g/mol. The van der Waals surface area contributed by atoms with Crippen molar-refractivity contribution < 1.29 is 27.5 Å². The van der Waals surface area contributed by atoms with E-state index in [9.17, 15) is 22.8 Å². The lowest BCUT2D eigenvalue weighted by atomic mass is 10.0. The Balaban J connectivity index is 1.27. The molecule has 0 atom stereocenters. The number of ether oxygens (including phenoxy) is 1. The van der Waals surface area contributed by atoms with E-state index in [-0.39, 0.29) is 44.0 Å². The van der Waals surface area contributed by atoms with Crippen molar-refractivity contribution in [2.45, 2.75) is 17.4 Å². The van der Waals surface area contributed by atoms with Gasteiger partial charge < -0.3 is 14.5 Å². The third kappa shape index (κ3) is 7.11. The van der Waals surface area contributed by atoms with E-state index in [1.54, 1.807) is 0 Å². The Kier molecular flexibility index (Phi) is 9.27. The molecule has 11 heteroatoms. The maximum Gasteiger partial charge on any atom is 0.326 e. The van der Waals surface area contributed by atoms with Crippen LogP contribution in [0.4, 0.5) is 0 Å². The van der Waals surface area contributed by atoms with Crippen LogP contribution in [0.2, 0.25) is 0 Å². The van der Waals surface area contributed by atoms with E-state index in [1.165, 1.54) is 34.1 Å². The van der Waals surface area contributed by atoms with Gasteiger partial charge in [-0.3, -0.25) is 14.4 Å². The van der Waals surface area contributed by atoms with Crippen LogP contribution in [0.5, 0.6) is 0 Å². The highest BCUT2D eigenvalue weighted by Gasteiger charge is 2.34. The van der Waals surface area contributed by atoms with Gasteiger partial charge in [-0.2, -0.15) is 5.26 Å². The molecule has 1 saturated heterocycles. The molecular weight excluding hydrogens is 532 g/mol. The number of piperazine rings is 1. The van der Waals surface area contributed by atoms with Crippen LogP contribution in [0.15, 0.2) is 89.8 Å². The second kappa shape index (κ2) is 13.0. The van der Waals surface area contributed by atoms with Crippen molar-refractivity contribution in [3.63, 3.8) is 0 Å². The lowest BCUT2D eigenvalue weighted by Crippen LogP contribution is -2.55. The quantitative estimate of drug-likeness (QED) is 0.216. The van der Waals surface area contributed by atoms with Gasteiger partial charge in [0.1, 0.15) is 6.54 Å². The van der Waals surface area contributed by atoms with Gasteiger partial charge >= 0.3 is 17.8 Å². The van der Waals surface area contributed by atoms with E-state index in [4.69, 9.17) is 10.00 Å². The maximum atomic E-state index is 12.8. The van der Waals surface area contributed by atoms with E-state index in [0.29, 0.717) is 5.56 Å². The van der Waals surface area contributed by atoms with Crippen LogP contribution in [0, 0.1) is 11.3 Å². The zero-order valence-electron chi connectivity index (χ0n) is 21.6. The van der Waals surface area contributed by atoms with Crippen molar-refractivity contribution in [3.8, 4) is 6.07 Å². The van der Waals surface area contributed by atoms with Gasteiger partial charge in [-0.1, -0.05) is 60.7 Å². The van der Waals surface area contributed by atoms with Crippen LogP contribution in [0.25, 0.3) is 0 Å². The molecule has 0 unspecified atom stereocenters. The van der Waals surface area contributed by atoms with Crippen LogP contribution in [-0.4, -0.2) is 68.7 Å². The zero-order valence-corrected chi connectivity index (χ0v) is 22.4. The van der Waals surface area contributed by atoms with Gasteiger partial charge in [-0.05, 0) is 41.8 Å². The number of nitrogens with one attached hydrogen (secondary N) is 1. The number of benzene rings is 3. The highest BCUT2D eigenvalue weighted by molar-refractivity contribution is 7.89. The Bertz CT molecular complexity index is 1450. The number of carbonyl (C=O) groups is 3. The predicted octanol–water partition coefficient (Wildman–Crippen LogP) is 2.23. The molecule has 2 amide bonds. The molecule has 0 aromatic heterocycles. The standard InChI is InChI=1S/C29H28N4O6S/c30-20-22-12-14-25(15-13-22)40(37,38)31-16-7-17-32-18-19-33(29(36)28(32)35)21-26(34)39-27(23-8-3-1-4-9-23)24-10-5-2-6-11-24/h1-6,8-15,27,31H,7,16-19,21H2. The van der Waals surface area contributed by atoms with Crippen LogP contribution >= 0.6 is 0 Å².